The Morgan fingerprint density at radius 1 is 0.356 bits per heavy atom. The molecule has 2 heteroatoms. The molecular weight excluding hydrogens is 713 g/mol. The van der Waals surface area contributed by atoms with E-state index in [2.05, 4.69) is 240 Å². The standard InChI is InChI=1S/C55H38N2.C2H6/c1-5-16-39(17-6-1)41-28-32-45(33-29-41)56(46-34-30-42(31-35-46)40-18-7-2-8-19-40)47-36-37-52-49(38-47)48-24-15-26-51-54(48)57(52)53-27-14-13-25-50(53)55(51,43-20-9-3-10-21-43)44-22-11-4-12-23-44;1-2/h1-38H;1-2H3. The molecule has 11 rings (SSSR count). The van der Waals surface area contributed by atoms with E-state index in [4.69, 9.17) is 0 Å². The van der Waals surface area contributed by atoms with Crippen molar-refractivity contribution in [2.24, 2.45) is 0 Å². The molecule has 2 nitrogen and oxygen atoms in total. The van der Waals surface area contributed by atoms with Gasteiger partial charge in [0.25, 0.3) is 0 Å². The molecule has 0 radical (unpaired) electrons. The van der Waals surface area contributed by atoms with Crippen molar-refractivity contribution in [1.82, 2.24) is 4.57 Å². The summed E-state index contributed by atoms with van der Waals surface area (Å²) in [5.41, 5.74) is 16.4. The third-order valence-corrected chi connectivity index (χ3v) is 11.9. The molecule has 0 saturated carbocycles. The van der Waals surface area contributed by atoms with Gasteiger partial charge in [-0.05, 0) is 93.0 Å². The number of aromatic nitrogens is 1. The molecule has 0 atom stereocenters. The van der Waals surface area contributed by atoms with Gasteiger partial charge in [0.1, 0.15) is 0 Å². The predicted molar refractivity (Wildman–Crippen MR) is 250 cm³/mol. The van der Waals surface area contributed by atoms with Crippen LogP contribution in [0.5, 0.6) is 0 Å². The van der Waals surface area contributed by atoms with Crippen molar-refractivity contribution in [1.29, 1.82) is 0 Å². The maximum Gasteiger partial charge on any atom is 0.0742 e. The third-order valence-electron chi connectivity index (χ3n) is 11.9. The monoisotopic (exact) mass is 756 g/mol. The van der Waals surface area contributed by atoms with Gasteiger partial charge in [-0.15, -0.1) is 0 Å². The van der Waals surface area contributed by atoms with E-state index in [-0.39, 0.29) is 0 Å². The molecule has 0 unspecified atom stereocenters. The summed E-state index contributed by atoms with van der Waals surface area (Å²) in [5, 5.41) is 2.47. The van der Waals surface area contributed by atoms with Crippen LogP contribution in [0.3, 0.4) is 0 Å². The Morgan fingerprint density at radius 2 is 0.797 bits per heavy atom. The van der Waals surface area contributed by atoms with E-state index < -0.39 is 5.41 Å². The number of rotatable bonds is 7. The Morgan fingerprint density at radius 3 is 1.34 bits per heavy atom. The minimum atomic E-state index is -0.501. The molecule has 9 aromatic carbocycles. The van der Waals surface area contributed by atoms with Crippen LogP contribution in [0.4, 0.5) is 17.1 Å². The van der Waals surface area contributed by atoms with Gasteiger partial charge in [0.2, 0.25) is 0 Å². The molecule has 282 valence electrons. The Balaban J connectivity index is 0.00000207. The number of hydrogen-bond acceptors (Lipinski definition) is 1. The van der Waals surface area contributed by atoms with Gasteiger partial charge in [-0.25, -0.2) is 0 Å². The van der Waals surface area contributed by atoms with Crippen LogP contribution in [-0.4, -0.2) is 4.57 Å². The van der Waals surface area contributed by atoms with Crippen molar-refractivity contribution in [3.63, 3.8) is 0 Å². The fourth-order valence-corrected chi connectivity index (χ4v) is 9.36. The second-order valence-electron chi connectivity index (χ2n) is 14.9. The number of anilines is 3. The molecule has 0 saturated heterocycles. The van der Waals surface area contributed by atoms with Crippen LogP contribution in [0.25, 0.3) is 49.7 Å². The van der Waals surface area contributed by atoms with Crippen molar-refractivity contribution in [3.05, 3.63) is 253 Å². The molecule has 1 aliphatic rings. The van der Waals surface area contributed by atoms with Gasteiger partial charge in [-0.3, -0.25) is 0 Å². The van der Waals surface area contributed by atoms with E-state index in [1.54, 1.807) is 0 Å². The summed E-state index contributed by atoms with van der Waals surface area (Å²) in [6.07, 6.45) is 0. The van der Waals surface area contributed by atoms with Gasteiger partial charge in [-0.1, -0.05) is 196 Å². The first-order valence-electron chi connectivity index (χ1n) is 20.7. The van der Waals surface area contributed by atoms with E-state index in [1.165, 1.54) is 72.0 Å². The average molecular weight is 757 g/mol. The lowest BCUT2D eigenvalue weighted by atomic mass is 9.63. The maximum atomic E-state index is 2.51. The molecule has 1 aliphatic heterocycles. The topological polar surface area (TPSA) is 8.17 Å². The zero-order valence-electron chi connectivity index (χ0n) is 33.3. The van der Waals surface area contributed by atoms with Crippen LogP contribution in [0.2, 0.25) is 0 Å². The van der Waals surface area contributed by atoms with Crippen molar-refractivity contribution in [3.8, 4) is 27.9 Å². The zero-order chi connectivity index (χ0) is 39.8. The summed E-state index contributed by atoms with van der Waals surface area (Å²) in [6.45, 7) is 4.00. The van der Waals surface area contributed by atoms with Gasteiger partial charge >= 0.3 is 0 Å². The Bertz CT molecular complexity index is 2900. The summed E-state index contributed by atoms with van der Waals surface area (Å²) in [6, 6.07) is 84.2. The summed E-state index contributed by atoms with van der Waals surface area (Å²) in [7, 11) is 0. The molecule has 0 bridgehead atoms. The summed E-state index contributed by atoms with van der Waals surface area (Å²) in [4.78, 5) is 2.39. The Hall–Kier alpha value is -7.42. The molecule has 2 heterocycles. The van der Waals surface area contributed by atoms with Gasteiger partial charge < -0.3 is 9.47 Å². The molecule has 0 aliphatic carbocycles. The van der Waals surface area contributed by atoms with Crippen molar-refractivity contribution in [2.75, 3.05) is 4.90 Å². The summed E-state index contributed by atoms with van der Waals surface area (Å²) >= 11 is 0. The van der Waals surface area contributed by atoms with Crippen LogP contribution in [0, 0.1) is 0 Å². The van der Waals surface area contributed by atoms with Gasteiger partial charge in [0.15, 0.2) is 0 Å². The fraction of sp³-hybridized carbons (Fsp3) is 0.0526. The van der Waals surface area contributed by atoms with Crippen molar-refractivity contribution >= 4 is 38.9 Å². The summed E-state index contributed by atoms with van der Waals surface area (Å²) in [5.74, 6) is 0. The lowest BCUT2D eigenvalue weighted by Crippen LogP contribution is -2.35. The van der Waals surface area contributed by atoms with Gasteiger partial charge in [0, 0.05) is 27.8 Å². The van der Waals surface area contributed by atoms with Crippen LogP contribution < -0.4 is 4.90 Å². The molecular formula is C57H44N2. The zero-order valence-corrected chi connectivity index (χ0v) is 33.3. The number of hydrogen-bond donors (Lipinski definition) is 0. The molecule has 0 amide bonds. The highest BCUT2D eigenvalue weighted by molar-refractivity contribution is 6.13. The number of para-hydroxylation sites is 2. The number of benzene rings is 9. The maximum absolute atomic E-state index is 2.51. The number of fused-ring (bicyclic) bond motifs is 5. The van der Waals surface area contributed by atoms with Crippen LogP contribution in [-0.2, 0) is 5.41 Å². The SMILES string of the molecule is CC.c1ccc(-c2ccc(N(c3ccc(-c4ccccc4)cc3)c3ccc4c(c3)c3cccc5c3n4-c3ccccc3C5(c3ccccc3)c3ccccc3)cc2)cc1. The van der Waals surface area contributed by atoms with E-state index in [1.807, 2.05) is 13.8 Å². The molecule has 1 aromatic heterocycles. The predicted octanol–water partition coefficient (Wildman–Crippen LogP) is 15.3. The largest absolute Gasteiger partial charge is 0.310 e. The highest BCUT2D eigenvalue weighted by Crippen LogP contribution is 2.54. The van der Waals surface area contributed by atoms with E-state index in [0.29, 0.717) is 0 Å². The van der Waals surface area contributed by atoms with Gasteiger partial charge in [-0.2, -0.15) is 0 Å². The van der Waals surface area contributed by atoms with Crippen LogP contribution in [0.15, 0.2) is 231 Å². The third kappa shape index (κ3) is 5.87. The minimum absolute atomic E-state index is 0.501. The average Bonchev–Trinajstić information content (AvgIpc) is 3.66. The number of nitrogens with zero attached hydrogens (tertiary/aromatic N) is 2. The minimum Gasteiger partial charge on any atom is -0.310 e. The lowest BCUT2D eigenvalue weighted by molar-refractivity contribution is 0.728. The Kier molecular flexibility index (Phi) is 9.24. The first kappa shape index (κ1) is 36.0. The van der Waals surface area contributed by atoms with E-state index >= 15 is 0 Å². The van der Waals surface area contributed by atoms with Crippen molar-refractivity contribution < 1.29 is 0 Å². The normalized spacial score (nSPS) is 12.4. The first-order chi connectivity index (χ1) is 29.3. The second kappa shape index (κ2) is 15.2. The van der Waals surface area contributed by atoms with E-state index in [0.717, 1.165) is 17.1 Å². The van der Waals surface area contributed by atoms with Gasteiger partial charge in [0.05, 0.1) is 22.1 Å². The second-order valence-corrected chi connectivity index (χ2v) is 14.9. The lowest BCUT2D eigenvalue weighted by Gasteiger charge is -2.41. The highest BCUT2D eigenvalue weighted by Gasteiger charge is 2.45. The molecule has 0 spiro atoms. The summed E-state index contributed by atoms with van der Waals surface area (Å²) < 4.78 is 2.51. The fourth-order valence-electron chi connectivity index (χ4n) is 9.36. The van der Waals surface area contributed by atoms with Crippen LogP contribution >= 0.6 is 0 Å². The molecule has 0 N–H and O–H groups in total. The van der Waals surface area contributed by atoms with Crippen LogP contribution in [0.1, 0.15) is 36.1 Å². The Labute approximate surface area is 346 Å². The molecule has 0 fully saturated rings. The highest BCUT2D eigenvalue weighted by atomic mass is 15.1. The molecule has 10 aromatic rings. The smallest absolute Gasteiger partial charge is 0.0742 e. The van der Waals surface area contributed by atoms with Crippen molar-refractivity contribution in [2.45, 2.75) is 19.3 Å². The van der Waals surface area contributed by atoms with E-state index in [9.17, 15) is 0 Å². The molecule has 59 heavy (non-hydrogen) atoms. The first-order valence-corrected chi connectivity index (χ1v) is 20.7. The quantitative estimate of drug-likeness (QED) is 0.157.